The number of carbonyl (C=O) groups excluding carboxylic acids is 1. The fourth-order valence-electron chi connectivity index (χ4n) is 4.48. The van der Waals surface area contributed by atoms with Crippen LogP contribution in [-0.2, 0) is 10.2 Å². The zero-order valence-electron chi connectivity index (χ0n) is 14.1. The molecule has 0 radical (unpaired) electrons. The van der Waals surface area contributed by atoms with E-state index < -0.39 is 5.97 Å². The first-order chi connectivity index (χ1) is 11.0. The summed E-state index contributed by atoms with van der Waals surface area (Å²) in [5, 5.41) is 14.4. The van der Waals surface area contributed by atoms with Gasteiger partial charge in [-0.15, -0.1) is 0 Å². The quantitative estimate of drug-likeness (QED) is 0.500. The molecule has 1 aliphatic carbocycles. The molecule has 0 aromatic heterocycles. The molecule has 0 spiro atoms. The van der Waals surface area contributed by atoms with Gasteiger partial charge in [-0.05, 0) is 51.3 Å². The van der Waals surface area contributed by atoms with Gasteiger partial charge in [0.1, 0.15) is 0 Å². The maximum Gasteiger partial charge on any atom is 0.308 e. The Hall–Kier alpha value is -1.81. The van der Waals surface area contributed by atoms with Crippen LogP contribution in [0.4, 0.5) is 0 Å². The largest absolute Gasteiger partial charge is 0.504 e. The molecule has 0 amide bonds. The minimum Gasteiger partial charge on any atom is -0.504 e. The van der Waals surface area contributed by atoms with Crippen molar-refractivity contribution in [3.8, 4) is 11.5 Å². The Morgan fingerprint density at radius 1 is 1.39 bits per heavy atom. The molecule has 0 saturated carbocycles. The van der Waals surface area contributed by atoms with E-state index in [-0.39, 0.29) is 16.9 Å². The second kappa shape index (κ2) is 6.00. The molecule has 3 rings (SSSR count). The first-order valence-electron chi connectivity index (χ1n) is 8.37. The topological polar surface area (TPSA) is 58.6 Å². The van der Waals surface area contributed by atoms with Crippen LogP contribution in [0.25, 0.3) is 0 Å². The van der Waals surface area contributed by atoms with Gasteiger partial charge in [-0.3, -0.25) is 4.79 Å². The van der Waals surface area contributed by atoms with Crippen molar-refractivity contribution in [3.63, 3.8) is 0 Å². The van der Waals surface area contributed by atoms with Gasteiger partial charge in [-0.1, -0.05) is 18.2 Å². The molecule has 0 bridgehead atoms. The summed E-state index contributed by atoms with van der Waals surface area (Å²) in [7, 11) is 0. The van der Waals surface area contributed by atoms with Crippen LogP contribution in [0, 0.1) is 12.8 Å². The van der Waals surface area contributed by atoms with Crippen molar-refractivity contribution in [2.24, 2.45) is 5.92 Å². The van der Waals surface area contributed by atoms with E-state index in [0.717, 1.165) is 36.9 Å². The molecule has 23 heavy (non-hydrogen) atoms. The summed E-state index contributed by atoms with van der Waals surface area (Å²) >= 11 is 0. The number of phenols is 1. The first kappa shape index (κ1) is 16.1. The fourth-order valence-corrected chi connectivity index (χ4v) is 4.48. The van der Waals surface area contributed by atoms with Gasteiger partial charge in [0.05, 0.1) is 0 Å². The molecule has 1 saturated heterocycles. The Kier molecular flexibility index (Phi) is 4.19. The van der Waals surface area contributed by atoms with Gasteiger partial charge in [-0.25, -0.2) is 0 Å². The van der Waals surface area contributed by atoms with Crippen molar-refractivity contribution in [2.75, 3.05) is 6.54 Å². The highest BCUT2D eigenvalue weighted by Gasteiger charge is 2.47. The maximum absolute atomic E-state index is 11.3. The monoisotopic (exact) mass is 315 g/mol. The number of esters is 1. The highest BCUT2D eigenvalue weighted by atomic mass is 16.5. The molecule has 2 N–H and O–H groups in total. The molecule has 4 nitrogen and oxygen atoms in total. The van der Waals surface area contributed by atoms with E-state index in [9.17, 15) is 9.90 Å². The smallest absolute Gasteiger partial charge is 0.308 e. The summed E-state index contributed by atoms with van der Waals surface area (Å²) in [5.74, 6) is 0.329. The number of hydrogen-bond donors (Lipinski definition) is 2. The summed E-state index contributed by atoms with van der Waals surface area (Å²) in [6, 6.07) is 3.99. The van der Waals surface area contributed by atoms with Gasteiger partial charge >= 0.3 is 5.97 Å². The SMILES string of the molecule is CC(=O)Oc1ccc(C)c(C23CCC=CC2C(C)NCC3)c1O. The predicted octanol–water partition coefficient (Wildman–Crippen LogP) is 3.21. The number of fused-ring (bicyclic) bond motifs is 1. The number of phenolic OH excluding ortho intramolecular Hbond substituents is 1. The second-order valence-corrected chi connectivity index (χ2v) is 6.84. The van der Waals surface area contributed by atoms with Gasteiger partial charge in [0.25, 0.3) is 0 Å². The number of benzene rings is 1. The molecule has 1 heterocycles. The molecule has 2 aliphatic rings. The Labute approximate surface area is 137 Å². The van der Waals surface area contributed by atoms with Crippen molar-refractivity contribution in [1.29, 1.82) is 0 Å². The lowest BCUT2D eigenvalue weighted by atomic mass is 9.58. The number of nitrogens with one attached hydrogen (secondary N) is 1. The van der Waals surface area contributed by atoms with Crippen molar-refractivity contribution in [1.82, 2.24) is 5.32 Å². The molecule has 1 aromatic rings. The van der Waals surface area contributed by atoms with Gasteiger partial charge in [0.15, 0.2) is 11.5 Å². The lowest BCUT2D eigenvalue weighted by Crippen LogP contribution is -2.53. The second-order valence-electron chi connectivity index (χ2n) is 6.84. The molecule has 1 fully saturated rings. The minimum atomic E-state index is -0.411. The Morgan fingerprint density at radius 2 is 2.17 bits per heavy atom. The first-order valence-corrected chi connectivity index (χ1v) is 8.37. The van der Waals surface area contributed by atoms with E-state index in [4.69, 9.17) is 4.74 Å². The van der Waals surface area contributed by atoms with Crippen LogP contribution in [0.2, 0.25) is 0 Å². The van der Waals surface area contributed by atoms with Crippen molar-refractivity contribution in [2.45, 2.75) is 51.5 Å². The highest BCUT2D eigenvalue weighted by Crippen LogP contribution is 2.52. The number of allylic oxidation sites excluding steroid dienone is 1. The lowest BCUT2D eigenvalue weighted by molar-refractivity contribution is -0.132. The number of ether oxygens (including phenoxy) is 1. The van der Waals surface area contributed by atoms with E-state index in [1.165, 1.54) is 6.92 Å². The maximum atomic E-state index is 11.3. The molecular weight excluding hydrogens is 290 g/mol. The van der Waals surface area contributed by atoms with Gasteiger partial charge in [0, 0.05) is 29.9 Å². The van der Waals surface area contributed by atoms with Crippen LogP contribution >= 0.6 is 0 Å². The Morgan fingerprint density at radius 3 is 2.91 bits per heavy atom. The Bertz CT molecular complexity index is 652. The van der Waals surface area contributed by atoms with Gasteiger partial charge < -0.3 is 15.2 Å². The molecular formula is C19H25NO3. The third-order valence-electron chi connectivity index (χ3n) is 5.42. The molecule has 3 atom stereocenters. The van der Waals surface area contributed by atoms with Gasteiger partial charge in [-0.2, -0.15) is 0 Å². The number of rotatable bonds is 2. The minimum absolute atomic E-state index is 0.0935. The van der Waals surface area contributed by atoms with Crippen LogP contribution < -0.4 is 10.1 Å². The van der Waals surface area contributed by atoms with Crippen LogP contribution in [-0.4, -0.2) is 23.7 Å². The van der Waals surface area contributed by atoms with E-state index >= 15 is 0 Å². The normalized spacial score (nSPS) is 29.9. The average Bonchev–Trinajstić information content (AvgIpc) is 2.50. The van der Waals surface area contributed by atoms with E-state index in [1.807, 2.05) is 13.0 Å². The molecule has 4 heteroatoms. The van der Waals surface area contributed by atoms with Crippen LogP contribution in [0.15, 0.2) is 24.3 Å². The highest BCUT2D eigenvalue weighted by molar-refractivity contribution is 5.71. The summed E-state index contributed by atoms with van der Waals surface area (Å²) < 4.78 is 5.21. The van der Waals surface area contributed by atoms with Gasteiger partial charge in [0.2, 0.25) is 0 Å². The number of aromatic hydroxyl groups is 1. The van der Waals surface area contributed by atoms with Crippen LogP contribution in [0.3, 0.4) is 0 Å². The Balaban J connectivity index is 2.15. The van der Waals surface area contributed by atoms with E-state index in [2.05, 4.69) is 24.4 Å². The van der Waals surface area contributed by atoms with Crippen molar-refractivity contribution >= 4 is 5.97 Å². The summed E-state index contributed by atoms with van der Waals surface area (Å²) in [4.78, 5) is 11.3. The summed E-state index contributed by atoms with van der Waals surface area (Å²) in [6.07, 6.45) is 7.54. The van der Waals surface area contributed by atoms with Crippen LogP contribution in [0.5, 0.6) is 11.5 Å². The van der Waals surface area contributed by atoms with Crippen molar-refractivity contribution < 1.29 is 14.6 Å². The zero-order chi connectivity index (χ0) is 16.6. The lowest BCUT2D eigenvalue weighted by Gasteiger charge is -2.49. The molecule has 1 aromatic carbocycles. The fraction of sp³-hybridized carbons (Fsp3) is 0.526. The third-order valence-corrected chi connectivity index (χ3v) is 5.42. The summed E-state index contributed by atoms with van der Waals surface area (Å²) in [5.41, 5.74) is 1.93. The summed E-state index contributed by atoms with van der Waals surface area (Å²) in [6.45, 7) is 6.53. The number of hydrogen-bond acceptors (Lipinski definition) is 4. The molecule has 3 unspecified atom stereocenters. The van der Waals surface area contributed by atoms with Crippen molar-refractivity contribution in [3.05, 3.63) is 35.4 Å². The van der Waals surface area contributed by atoms with E-state index in [1.54, 1.807) is 6.07 Å². The number of piperidine rings is 1. The number of carbonyl (C=O) groups is 1. The molecule has 124 valence electrons. The average molecular weight is 315 g/mol. The predicted molar refractivity (Wildman–Crippen MR) is 89.8 cm³/mol. The van der Waals surface area contributed by atoms with Crippen LogP contribution in [0.1, 0.15) is 44.2 Å². The van der Waals surface area contributed by atoms with E-state index in [0.29, 0.717) is 12.0 Å². The molecule has 1 aliphatic heterocycles. The zero-order valence-corrected chi connectivity index (χ0v) is 14.1. The third kappa shape index (κ3) is 2.65. The standard InChI is InChI=1S/C19H25NO3/c1-12-7-8-16(23-14(3)21)18(22)17(12)19-9-5-4-6-15(19)13(2)20-11-10-19/h4,6-8,13,15,20,22H,5,9-11H2,1-3H3. The number of aryl methyl sites for hydroxylation is 1.